The fourth-order valence-corrected chi connectivity index (χ4v) is 2.39. The van der Waals surface area contributed by atoms with Gasteiger partial charge in [0.05, 0.1) is 24.0 Å². The monoisotopic (exact) mass is 385 g/mol. The van der Waals surface area contributed by atoms with Crippen LogP contribution in [0.4, 0.5) is 18.0 Å². The van der Waals surface area contributed by atoms with Crippen molar-refractivity contribution in [3.63, 3.8) is 0 Å². The van der Waals surface area contributed by atoms with Crippen molar-refractivity contribution in [3.05, 3.63) is 47.3 Å². The van der Waals surface area contributed by atoms with Gasteiger partial charge >= 0.3 is 12.3 Å². The van der Waals surface area contributed by atoms with Gasteiger partial charge in [-0.05, 0) is 51.5 Å². The summed E-state index contributed by atoms with van der Waals surface area (Å²) in [6.07, 6.45) is -5.21. The molecule has 2 rings (SSSR count). The zero-order chi connectivity index (χ0) is 20.4. The van der Waals surface area contributed by atoms with Crippen molar-refractivity contribution in [2.75, 3.05) is 0 Å². The molecule has 0 aliphatic heterocycles. The topological polar surface area (TPSA) is 76.4 Å². The predicted octanol–water partition coefficient (Wildman–Crippen LogP) is 3.97. The molecular formula is C18H22F3N3O3. The van der Waals surface area contributed by atoms with E-state index in [1.54, 1.807) is 52.0 Å². The van der Waals surface area contributed by atoms with E-state index in [-0.39, 0.29) is 5.69 Å². The molecule has 1 amide bonds. The second-order valence-electron chi connectivity index (χ2n) is 7.05. The van der Waals surface area contributed by atoms with Crippen LogP contribution in [-0.4, -0.2) is 26.6 Å². The molecule has 0 bridgehead atoms. The van der Waals surface area contributed by atoms with E-state index in [2.05, 4.69) is 10.4 Å². The molecule has 2 N–H and O–H groups in total. The van der Waals surface area contributed by atoms with Crippen LogP contribution in [0.1, 0.15) is 50.7 Å². The number of alkyl halides is 3. The highest BCUT2D eigenvalue weighted by molar-refractivity contribution is 5.68. The Kier molecular flexibility index (Phi) is 5.84. The van der Waals surface area contributed by atoms with Crippen molar-refractivity contribution in [2.24, 2.45) is 0 Å². The third-order valence-corrected chi connectivity index (χ3v) is 3.58. The molecule has 1 unspecified atom stereocenters. The quantitative estimate of drug-likeness (QED) is 0.835. The van der Waals surface area contributed by atoms with E-state index in [0.29, 0.717) is 11.3 Å². The summed E-state index contributed by atoms with van der Waals surface area (Å²) in [6.45, 7) is 6.35. The summed E-state index contributed by atoms with van der Waals surface area (Å²) in [7, 11) is 0. The number of halogens is 3. The SMILES string of the molecule is CC(NC(=O)OC(C)(C)C)c1cccc(-n2nc(C(F)(F)F)cc2CO)c1. The maximum Gasteiger partial charge on any atom is 0.435 e. The molecule has 0 saturated heterocycles. The molecule has 27 heavy (non-hydrogen) atoms. The number of alkyl carbamates (subject to hydrolysis) is 1. The van der Waals surface area contributed by atoms with Gasteiger partial charge in [0.25, 0.3) is 0 Å². The molecular weight excluding hydrogens is 363 g/mol. The first-order chi connectivity index (χ1) is 12.4. The van der Waals surface area contributed by atoms with Crippen LogP contribution < -0.4 is 5.32 Å². The Balaban J connectivity index is 2.27. The van der Waals surface area contributed by atoms with Gasteiger partial charge in [-0.3, -0.25) is 0 Å². The number of aliphatic hydroxyl groups is 1. The maximum absolute atomic E-state index is 12.9. The van der Waals surface area contributed by atoms with Crippen LogP contribution in [0.25, 0.3) is 5.69 Å². The van der Waals surface area contributed by atoms with Crippen LogP contribution in [0.5, 0.6) is 0 Å². The smallest absolute Gasteiger partial charge is 0.435 e. The molecule has 1 heterocycles. The zero-order valence-corrected chi connectivity index (χ0v) is 15.5. The Morgan fingerprint density at radius 1 is 1.30 bits per heavy atom. The van der Waals surface area contributed by atoms with Crippen molar-refractivity contribution < 1.29 is 27.8 Å². The number of aliphatic hydroxyl groups excluding tert-OH is 1. The molecule has 0 saturated carbocycles. The van der Waals surface area contributed by atoms with Crippen LogP contribution in [0, 0.1) is 0 Å². The van der Waals surface area contributed by atoms with Crippen molar-refractivity contribution in [1.82, 2.24) is 15.1 Å². The van der Waals surface area contributed by atoms with E-state index in [4.69, 9.17) is 4.74 Å². The average Bonchev–Trinajstić information content (AvgIpc) is 2.97. The molecule has 0 aliphatic rings. The van der Waals surface area contributed by atoms with Gasteiger partial charge in [0, 0.05) is 0 Å². The van der Waals surface area contributed by atoms with Gasteiger partial charge in [-0.15, -0.1) is 0 Å². The molecule has 0 aliphatic carbocycles. The number of hydrogen-bond donors (Lipinski definition) is 2. The Bertz CT molecular complexity index is 810. The van der Waals surface area contributed by atoms with E-state index >= 15 is 0 Å². The lowest BCUT2D eigenvalue weighted by atomic mass is 10.1. The van der Waals surface area contributed by atoms with Crippen LogP contribution in [0.3, 0.4) is 0 Å². The van der Waals surface area contributed by atoms with E-state index in [1.807, 2.05) is 0 Å². The van der Waals surface area contributed by atoms with Gasteiger partial charge < -0.3 is 15.2 Å². The summed E-state index contributed by atoms with van der Waals surface area (Å²) in [4.78, 5) is 11.9. The summed E-state index contributed by atoms with van der Waals surface area (Å²) < 4.78 is 44.9. The van der Waals surface area contributed by atoms with E-state index in [1.165, 1.54) is 0 Å². The minimum Gasteiger partial charge on any atom is -0.444 e. The maximum atomic E-state index is 12.9. The van der Waals surface area contributed by atoms with E-state index < -0.39 is 36.2 Å². The van der Waals surface area contributed by atoms with Gasteiger partial charge in [0.2, 0.25) is 0 Å². The van der Waals surface area contributed by atoms with Gasteiger partial charge in [-0.1, -0.05) is 12.1 Å². The Morgan fingerprint density at radius 3 is 2.52 bits per heavy atom. The molecule has 1 aromatic carbocycles. The normalized spacial score (nSPS) is 13.3. The Hall–Kier alpha value is -2.55. The van der Waals surface area contributed by atoms with Crippen LogP contribution in [0.15, 0.2) is 30.3 Å². The molecule has 6 nitrogen and oxygen atoms in total. The highest BCUT2D eigenvalue weighted by atomic mass is 19.4. The number of benzene rings is 1. The lowest BCUT2D eigenvalue weighted by Crippen LogP contribution is -2.34. The number of amides is 1. The summed E-state index contributed by atoms with van der Waals surface area (Å²) in [5, 5.41) is 15.6. The Labute approximate surface area is 154 Å². The zero-order valence-electron chi connectivity index (χ0n) is 15.5. The molecule has 2 aromatic rings. The largest absolute Gasteiger partial charge is 0.444 e. The van der Waals surface area contributed by atoms with Gasteiger partial charge in [-0.2, -0.15) is 18.3 Å². The van der Waals surface area contributed by atoms with Crippen molar-refractivity contribution in [3.8, 4) is 5.69 Å². The van der Waals surface area contributed by atoms with E-state index in [9.17, 15) is 23.1 Å². The van der Waals surface area contributed by atoms with Crippen molar-refractivity contribution in [1.29, 1.82) is 0 Å². The minimum absolute atomic E-state index is 0.00669. The average molecular weight is 385 g/mol. The number of aromatic nitrogens is 2. The second-order valence-corrected chi connectivity index (χ2v) is 7.05. The predicted molar refractivity (Wildman–Crippen MR) is 92.3 cm³/mol. The highest BCUT2D eigenvalue weighted by Gasteiger charge is 2.35. The van der Waals surface area contributed by atoms with Crippen molar-refractivity contribution >= 4 is 6.09 Å². The lowest BCUT2D eigenvalue weighted by molar-refractivity contribution is -0.141. The summed E-state index contributed by atoms with van der Waals surface area (Å²) in [5.74, 6) is 0. The number of hydrogen-bond acceptors (Lipinski definition) is 4. The second kappa shape index (κ2) is 7.59. The molecule has 9 heteroatoms. The van der Waals surface area contributed by atoms with Crippen molar-refractivity contribution in [2.45, 2.75) is 52.1 Å². The first-order valence-electron chi connectivity index (χ1n) is 8.27. The summed E-state index contributed by atoms with van der Waals surface area (Å²) in [5.41, 5.74) is -0.745. The number of nitrogens with one attached hydrogen (secondary N) is 1. The molecule has 0 spiro atoms. The molecule has 1 aromatic heterocycles. The lowest BCUT2D eigenvalue weighted by Gasteiger charge is -2.22. The standard InChI is InChI=1S/C18H22F3N3O3/c1-11(22-16(26)27-17(2,3)4)12-6-5-7-13(8-12)24-14(10-25)9-15(23-24)18(19,20)21/h5-9,11,25H,10H2,1-4H3,(H,22,26). The van der Waals surface area contributed by atoms with Crippen LogP contribution in [-0.2, 0) is 17.5 Å². The molecule has 0 fully saturated rings. The number of carbonyl (C=O) groups excluding carboxylic acids is 1. The summed E-state index contributed by atoms with van der Waals surface area (Å²) in [6, 6.07) is 6.86. The number of rotatable bonds is 4. The third kappa shape index (κ3) is 5.46. The van der Waals surface area contributed by atoms with Crippen LogP contribution in [0.2, 0.25) is 0 Å². The minimum atomic E-state index is -4.61. The van der Waals surface area contributed by atoms with Gasteiger partial charge in [0.15, 0.2) is 5.69 Å². The summed E-state index contributed by atoms with van der Waals surface area (Å²) >= 11 is 0. The number of carbonyl (C=O) groups is 1. The Morgan fingerprint density at radius 2 is 1.96 bits per heavy atom. The first kappa shape index (κ1) is 20.8. The first-order valence-corrected chi connectivity index (χ1v) is 8.27. The molecule has 1 atom stereocenters. The van der Waals surface area contributed by atoms with Gasteiger partial charge in [-0.25, -0.2) is 9.48 Å². The highest BCUT2D eigenvalue weighted by Crippen LogP contribution is 2.30. The number of nitrogens with zero attached hydrogens (tertiary/aromatic N) is 2. The van der Waals surface area contributed by atoms with Crippen LogP contribution >= 0.6 is 0 Å². The number of ether oxygens (including phenoxy) is 1. The third-order valence-electron chi connectivity index (χ3n) is 3.58. The van der Waals surface area contributed by atoms with E-state index in [0.717, 1.165) is 10.7 Å². The molecule has 148 valence electrons. The van der Waals surface area contributed by atoms with Gasteiger partial charge in [0.1, 0.15) is 5.60 Å². The fraction of sp³-hybridized carbons (Fsp3) is 0.444. The fourth-order valence-electron chi connectivity index (χ4n) is 2.39. The molecule has 0 radical (unpaired) electrons.